The summed E-state index contributed by atoms with van der Waals surface area (Å²) in [6, 6.07) is 21.8. The van der Waals surface area contributed by atoms with Crippen LogP contribution in [0.1, 0.15) is 18.1 Å². The molecule has 0 bridgehead atoms. The smallest absolute Gasteiger partial charge is 0.0244 e. The van der Waals surface area contributed by atoms with E-state index in [9.17, 15) is 0 Å². The van der Waals surface area contributed by atoms with Crippen LogP contribution in [0.25, 0.3) is 0 Å². The van der Waals surface area contributed by atoms with Gasteiger partial charge >= 0.3 is 0 Å². The summed E-state index contributed by atoms with van der Waals surface area (Å²) >= 11 is 0. The number of rotatable bonds is 7. The number of benzene rings is 2. The van der Waals surface area contributed by atoms with Gasteiger partial charge in [0.25, 0.3) is 0 Å². The van der Waals surface area contributed by atoms with Gasteiger partial charge in [-0.3, -0.25) is 0 Å². The molecule has 0 aliphatic carbocycles. The molecule has 0 N–H and O–H groups in total. The fourth-order valence-corrected chi connectivity index (χ4v) is 3.45. The minimum Gasteiger partial charge on any atom is -0.122 e. The van der Waals surface area contributed by atoms with Crippen molar-refractivity contribution in [2.24, 2.45) is 5.92 Å². The minimum absolute atomic E-state index is 0.781. The average Bonchev–Trinajstić information content (AvgIpc) is 2.47. The standard InChI is InChI=1S/C18H23P/c1-2-19-15-18(13-16-9-5-3-6-10-16)14-17-11-7-4-8-12-17/h3-12,18-19H,2,13-15H2,1H3. The lowest BCUT2D eigenvalue weighted by Gasteiger charge is -2.17. The van der Waals surface area contributed by atoms with Gasteiger partial charge in [-0.1, -0.05) is 67.6 Å². The lowest BCUT2D eigenvalue weighted by atomic mass is 9.94. The SMILES string of the molecule is CCPCC(Cc1ccccc1)Cc1ccccc1. The maximum absolute atomic E-state index is 2.29. The molecule has 0 aromatic heterocycles. The molecule has 1 unspecified atom stereocenters. The van der Waals surface area contributed by atoms with E-state index in [0.717, 1.165) is 14.5 Å². The minimum atomic E-state index is 0.781. The highest BCUT2D eigenvalue weighted by molar-refractivity contribution is 7.37. The second-order valence-electron chi connectivity index (χ2n) is 5.05. The van der Waals surface area contributed by atoms with Crippen LogP contribution in [-0.2, 0) is 12.8 Å². The highest BCUT2D eigenvalue weighted by Gasteiger charge is 2.10. The third-order valence-corrected chi connectivity index (χ3v) is 4.78. The molecule has 2 aromatic rings. The molecule has 1 atom stereocenters. The van der Waals surface area contributed by atoms with Crippen molar-refractivity contribution in [2.75, 3.05) is 12.3 Å². The molecule has 0 radical (unpaired) electrons. The van der Waals surface area contributed by atoms with Crippen LogP contribution in [0, 0.1) is 5.92 Å². The number of hydrogen-bond donors (Lipinski definition) is 0. The molecule has 0 saturated carbocycles. The second-order valence-corrected chi connectivity index (χ2v) is 6.67. The first-order valence-corrected chi connectivity index (χ1v) is 8.58. The molecule has 1 heteroatoms. The van der Waals surface area contributed by atoms with Gasteiger partial charge in [0.05, 0.1) is 0 Å². The molecule has 0 fully saturated rings. The van der Waals surface area contributed by atoms with E-state index in [2.05, 4.69) is 67.6 Å². The van der Waals surface area contributed by atoms with Crippen molar-refractivity contribution in [3.8, 4) is 0 Å². The topological polar surface area (TPSA) is 0 Å². The van der Waals surface area contributed by atoms with Crippen LogP contribution in [0.3, 0.4) is 0 Å². The quantitative estimate of drug-likeness (QED) is 0.635. The van der Waals surface area contributed by atoms with Gasteiger partial charge in [-0.2, -0.15) is 0 Å². The molecule has 100 valence electrons. The predicted molar refractivity (Wildman–Crippen MR) is 87.5 cm³/mol. The van der Waals surface area contributed by atoms with Crippen LogP contribution in [0.5, 0.6) is 0 Å². The highest BCUT2D eigenvalue weighted by atomic mass is 31.1. The Bertz CT molecular complexity index is 408. The maximum atomic E-state index is 2.29. The van der Waals surface area contributed by atoms with Crippen LogP contribution < -0.4 is 0 Å². The molecular weight excluding hydrogens is 247 g/mol. The van der Waals surface area contributed by atoms with E-state index in [1.165, 1.54) is 36.3 Å². The molecule has 0 aliphatic rings. The largest absolute Gasteiger partial charge is 0.122 e. The van der Waals surface area contributed by atoms with E-state index >= 15 is 0 Å². The summed E-state index contributed by atoms with van der Waals surface area (Å²) in [5.41, 5.74) is 2.95. The molecule has 19 heavy (non-hydrogen) atoms. The van der Waals surface area contributed by atoms with E-state index in [1.807, 2.05) is 0 Å². The fraction of sp³-hybridized carbons (Fsp3) is 0.333. The summed E-state index contributed by atoms with van der Waals surface area (Å²) in [5, 5.41) is 0. The predicted octanol–water partition coefficient (Wildman–Crippen LogP) is 4.79. The van der Waals surface area contributed by atoms with E-state index in [4.69, 9.17) is 0 Å². The summed E-state index contributed by atoms with van der Waals surface area (Å²) < 4.78 is 0. The van der Waals surface area contributed by atoms with Gasteiger partial charge in [-0.25, -0.2) is 0 Å². The first-order chi connectivity index (χ1) is 9.38. The summed E-state index contributed by atoms with van der Waals surface area (Å²) in [7, 11) is 1.10. The first kappa shape index (κ1) is 14.3. The molecule has 0 aliphatic heterocycles. The normalized spacial score (nSPS) is 11.5. The summed E-state index contributed by atoms with van der Waals surface area (Å²) in [6.07, 6.45) is 5.10. The Morgan fingerprint density at radius 3 is 1.68 bits per heavy atom. The van der Waals surface area contributed by atoms with Crippen molar-refractivity contribution >= 4 is 8.58 Å². The van der Waals surface area contributed by atoms with Gasteiger partial charge in [0, 0.05) is 0 Å². The molecule has 0 saturated heterocycles. The monoisotopic (exact) mass is 270 g/mol. The van der Waals surface area contributed by atoms with E-state index in [1.54, 1.807) is 0 Å². The lowest BCUT2D eigenvalue weighted by molar-refractivity contribution is 0.585. The molecule has 2 rings (SSSR count). The van der Waals surface area contributed by atoms with Crippen LogP contribution in [0.4, 0.5) is 0 Å². The van der Waals surface area contributed by atoms with Crippen LogP contribution in [-0.4, -0.2) is 12.3 Å². The van der Waals surface area contributed by atoms with Gasteiger partial charge in [0.1, 0.15) is 0 Å². The molecule has 0 amide bonds. The van der Waals surface area contributed by atoms with Gasteiger partial charge in [0.2, 0.25) is 0 Å². The Kier molecular flexibility index (Phi) is 6.11. The van der Waals surface area contributed by atoms with Gasteiger partial charge in [-0.05, 0) is 42.2 Å². The summed E-state index contributed by atoms with van der Waals surface area (Å²) in [5.74, 6) is 0.781. The average molecular weight is 270 g/mol. The van der Waals surface area contributed by atoms with Crippen molar-refractivity contribution in [1.82, 2.24) is 0 Å². The number of hydrogen-bond acceptors (Lipinski definition) is 0. The zero-order valence-corrected chi connectivity index (χ0v) is 12.7. The highest BCUT2D eigenvalue weighted by Crippen LogP contribution is 2.22. The molecule has 2 aromatic carbocycles. The Morgan fingerprint density at radius 2 is 1.26 bits per heavy atom. The Hall–Kier alpha value is -1.13. The van der Waals surface area contributed by atoms with Gasteiger partial charge in [0.15, 0.2) is 0 Å². The van der Waals surface area contributed by atoms with Crippen molar-refractivity contribution in [3.63, 3.8) is 0 Å². The second kappa shape index (κ2) is 8.12. The third-order valence-electron chi connectivity index (χ3n) is 3.42. The molecular formula is C18H23P. The van der Waals surface area contributed by atoms with Crippen LogP contribution in [0.2, 0.25) is 0 Å². The van der Waals surface area contributed by atoms with Gasteiger partial charge in [-0.15, -0.1) is 8.58 Å². The summed E-state index contributed by atoms with van der Waals surface area (Å²) in [4.78, 5) is 0. The third kappa shape index (κ3) is 5.17. The maximum Gasteiger partial charge on any atom is -0.0244 e. The van der Waals surface area contributed by atoms with E-state index in [0.29, 0.717) is 0 Å². The molecule has 0 nitrogen and oxygen atoms in total. The molecule has 0 heterocycles. The van der Waals surface area contributed by atoms with Crippen molar-refractivity contribution in [2.45, 2.75) is 19.8 Å². The van der Waals surface area contributed by atoms with E-state index in [-0.39, 0.29) is 0 Å². The van der Waals surface area contributed by atoms with E-state index < -0.39 is 0 Å². The fourth-order valence-electron chi connectivity index (χ4n) is 2.46. The Morgan fingerprint density at radius 1 is 0.789 bits per heavy atom. The van der Waals surface area contributed by atoms with Crippen molar-refractivity contribution in [3.05, 3.63) is 71.8 Å². The zero-order valence-electron chi connectivity index (χ0n) is 11.7. The molecule has 0 spiro atoms. The van der Waals surface area contributed by atoms with Crippen molar-refractivity contribution in [1.29, 1.82) is 0 Å². The Balaban J connectivity index is 1.99. The van der Waals surface area contributed by atoms with Crippen LogP contribution in [0.15, 0.2) is 60.7 Å². The Labute approximate surface area is 119 Å². The lowest BCUT2D eigenvalue weighted by Crippen LogP contribution is -2.11. The zero-order chi connectivity index (χ0) is 13.3. The van der Waals surface area contributed by atoms with Crippen LogP contribution >= 0.6 is 8.58 Å². The summed E-state index contributed by atoms with van der Waals surface area (Å²) in [6.45, 7) is 2.29. The first-order valence-electron chi connectivity index (χ1n) is 7.17. The van der Waals surface area contributed by atoms with Gasteiger partial charge < -0.3 is 0 Å². The van der Waals surface area contributed by atoms with Crippen molar-refractivity contribution < 1.29 is 0 Å².